The quantitative estimate of drug-likeness (QED) is 0.773. The molecule has 0 atom stereocenters. The predicted octanol–water partition coefficient (Wildman–Crippen LogP) is 4.80. The van der Waals surface area contributed by atoms with Crippen LogP contribution in [-0.4, -0.2) is 28.4 Å². The van der Waals surface area contributed by atoms with Gasteiger partial charge in [-0.05, 0) is 72.2 Å². The Morgan fingerprint density at radius 3 is 2.04 bits per heavy atom. The van der Waals surface area contributed by atoms with Gasteiger partial charge in [0.1, 0.15) is 5.75 Å². The van der Waals surface area contributed by atoms with Gasteiger partial charge in [0.25, 0.3) is 0 Å². The van der Waals surface area contributed by atoms with Crippen molar-refractivity contribution in [3.63, 3.8) is 0 Å². The Labute approximate surface area is 155 Å². The van der Waals surface area contributed by atoms with Crippen LogP contribution in [0.3, 0.4) is 0 Å². The summed E-state index contributed by atoms with van der Waals surface area (Å²) in [5.74, 6) is 2.88. The highest BCUT2D eigenvalue weighted by molar-refractivity contribution is 5.84. The Kier molecular flexibility index (Phi) is 5.40. The van der Waals surface area contributed by atoms with Crippen molar-refractivity contribution < 1.29 is 18.9 Å². The number of fused-ring (bicyclic) bond motifs is 1. The van der Waals surface area contributed by atoms with Crippen molar-refractivity contribution in [2.75, 3.05) is 28.4 Å². The molecule has 0 saturated heterocycles. The Morgan fingerprint density at radius 1 is 0.808 bits per heavy atom. The summed E-state index contributed by atoms with van der Waals surface area (Å²) in [4.78, 5) is 0. The van der Waals surface area contributed by atoms with Gasteiger partial charge in [0, 0.05) is 0 Å². The number of hydrogen-bond acceptors (Lipinski definition) is 4. The predicted molar refractivity (Wildman–Crippen MR) is 104 cm³/mol. The Morgan fingerprint density at radius 2 is 1.46 bits per heavy atom. The summed E-state index contributed by atoms with van der Waals surface area (Å²) < 4.78 is 22.1. The van der Waals surface area contributed by atoms with Crippen LogP contribution < -0.4 is 18.9 Å². The normalized spacial score (nSPS) is 13.3. The maximum atomic E-state index is 5.54. The van der Waals surface area contributed by atoms with Gasteiger partial charge in [-0.15, -0.1) is 0 Å². The minimum Gasteiger partial charge on any atom is -0.496 e. The first-order valence-corrected chi connectivity index (χ1v) is 8.82. The molecule has 1 aliphatic carbocycles. The van der Waals surface area contributed by atoms with Crippen molar-refractivity contribution >= 4 is 5.57 Å². The fourth-order valence-corrected chi connectivity index (χ4v) is 3.68. The number of allylic oxidation sites excluding steroid dienone is 1. The third-order valence-corrected chi connectivity index (χ3v) is 5.01. The highest BCUT2D eigenvalue weighted by Crippen LogP contribution is 2.43. The molecule has 138 valence electrons. The van der Waals surface area contributed by atoms with Gasteiger partial charge in [-0.2, -0.15) is 0 Å². The lowest BCUT2D eigenvalue weighted by molar-refractivity contribution is 0.324. The van der Waals surface area contributed by atoms with E-state index < -0.39 is 0 Å². The molecule has 0 aromatic heterocycles. The second kappa shape index (κ2) is 7.73. The van der Waals surface area contributed by atoms with E-state index in [-0.39, 0.29) is 0 Å². The molecule has 0 spiro atoms. The molecular weight excluding hydrogens is 328 g/mol. The molecule has 0 amide bonds. The number of ether oxygens (including phenoxy) is 4. The van der Waals surface area contributed by atoms with Gasteiger partial charge in [-0.1, -0.05) is 12.1 Å². The molecule has 2 aromatic rings. The minimum absolute atomic E-state index is 0.610. The van der Waals surface area contributed by atoms with E-state index in [0.29, 0.717) is 17.2 Å². The SMILES string of the molecule is COc1ccc2c(c1C)CCCC=C2c1cc(OC)c(OC)c(OC)c1. The Hall–Kier alpha value is -2.62. The largest absolute Gasteiger partial charge is 0.496 e. The van der Waals surface area contributed by atoms with E-state index in [4.69, 9.17) is 18.9 Å². The lowest BCUT2D eigenvalue weighted by Crippen LogP contribution is -2.01. The third-order valence-electron chi connectivity index (χ3n) is 5.01. The van der Waals surface area contributed by atoms with E-state index in [1.165, 1.54) is 22.3 Å². The minimum atomic E-state index is 0.610. The van der Waals surface area contributed by atoms with E-state index in [1.54, 1.807) is 28.4 Å². The molecule has 0 radical (unpaired) electrons. The van der Waals surface area contributed by atoms with Crippen LogP contribution in [0.15, 0.2) is 30.3 Å². The zero-order chi connectivity index (χ0) is 18.7. The summed E-state index contributed by atoms with van der Waals surface area (Å²) in [7, 11) is 6.63. The molecule has 0 saturated carbocycles. The molecule has 3 rings (SSSR count). The van der Waals surface area contributed by atoms with Crippen molar-refractivity contribution in [3.8, 4) is 23.0 Å². The van der Waals surface area contributed by atoms with Gasteiger partial charge in [0.05, 0.1) is 28.4 Å². The molecule has 0 heterocycles. The molecule has 0 unspecified atom stereocenters. The van der Waals surface area contributed by atoms with Crippen molar-refractivity contribution in [1.29, 1.82) is 0 Å². The molecule has 1 aliphatic rings. The molecule has 4 heteroatoms. The fraction of sp³-hybridized carbons (Fsp3) is 0.364. The first-order valence-electron chi connectivity index (χ1n) is 8.82. The Bertz CT molecular complexity index is 811. The van der Waals surface area contributed by atoms with Crippen molar-refractivity contribution in [2.24, 2.45) is 0 Å². The molecule has 0 N–H and O–H groups in total. The standard InChI is InChI=1S/C22H26O4/c1-14-16-8-6-7-9-17(18(16)10-11-19(14)23-2)15-12-20(24-3)22(26-5)21(13-15)25-4/h9-13H,6-8H2,1-5H3. The van der Waals surface area contributed by atoms with Gasteiger partial charge in [0.2, 0.25) is 5.75 Å². The number of rotatable bonds is 5. The van der Waals surface area contributed by atoms with Gasteiger partial charge in [-0.25, -0.2) is 0 Å². The van der Waals surface area contributed by atoms with Crippen LogP contribution in [0.25, 0.3) is 5.57 Å². The van der Waals surface area contributed by atoms with Gasteiger partial charge < -0.3 is 18.9 Å². The first-order chi connectivity index (χ1) is 12.6. The lowest BCUT2D eigenvalue weighted by atomic mass is 9.90. The van der Waals surface area contributed by atoms with Crippen LogP contribution >= 0.6 is 0 Å². The number of benzene rings is 2. The smallest absolute Gasteiger partial charge is 0.203 e. The molecule has 0 bridgehead atoms. The van der Waals surface area contributed by atoms with Crippen molar-refractivity contribution in [3.05, 3.63) is 52.6 Å². The van der Waals surface area contributed by atoms with Crippen LogP contribution in [0.4, 0.5) is 0 Å². The van der Waals surface area contributed by atoms with Gasteiger partial charge in [-0.3, -0.25) is 0 Å². The van der Waals surface area contributed by atoms with Crippen LogP contribution in [0, 0.1) is 6.92 Å². The van der Waals surface area contributed by atoms with E-state index in [0.717, 1.165) is 30.6 Å². The van der Waals surface area contributed by atoms with Crippen LogP contribution in [0.2, 0.25) is 0 Å². The van der Waals surface area contributed by atoms with E-state index in [9.17, 15) is 0 Å². The summed E-state index contributed by atoms with van der Waals surface area (Å²) in [5.41, 5.74) is 6.07. The maximum Gasteiger partial charge on any atom is 0.203 e. The topological polar surface area (TPSA) is 36.9 Å². The zero-order valence-corrected chi connectivity index (χ0v) is 16.1. The second-order valence-corrected chi connectivity index (χ2v) is 6.34. The van der Waals surface area contributed by atoms with Gasteiger partial charge >= 0.3 is 0 Å². The lowest BCUT2D eigenvalue weighted by Gasteiger charge is -2.19. The first kappa shape index (κ1) is 18.2. The average molecular weight is 354 g/mol. The molecule has 4 nitrogen and oxygen atoms in total. The van der Waals surface area contributed by atoms with Crippen molar-refractivity contribution in [1.82, 2.24) is 0 Å². The second-order valence-electron chi connectivity index (χ2n) is 6.34. The fourth-order valence-electron chi connectivity index (χ4n) is 3.68. The van der Waals surface area contributed by atoms with Crippen LogP contribution in [0.5, 0.6) is 23.0 Å². The summed E-state index contributed by atoms with van der Waals surface area (Å²) in [5, 5.41) is 0. The summed E-state index contributed by atoms with van der Waals surface area (Å²) >= 11 is 0. The zero-order valence-electron chi connectivity index (χ0n) is 16.1. The van der Waals surface area contributed by atoms with E-state index >= 15 is 0 Å². The van der Waals surface area contributed by atoms with Crippen LogP contribution in [0.1, 0.15) is 35.1 Å². The summed E-state index contributed by atoms with van der Waals surface area (Å²) in [6.45, 7) is 2.13. The average Bonchev–Trinajstić information content (AvgIpc) is 2.90. The van der Waals surface area contributed by atoms with E-state index in [2.05, 4.69) is 19.1 Å². The summed E-state index contributed by atoms with van der Waals surface area (Å²) in [6.07, 6.45) is 5.50. The maximum absolute atomic E-state index is 5.54. The number of hydrogen-bond donors (Lipinski definition) is 0. The highest BCUT2D eigenvalue weighted by atomic mass is 16.5. The van der Waals surface area contributed by atoms with E-state index in [1.807, 2.05) is 18.2 Å². The molecule has 2 aromatic carbocycles. The number of methoxy groups -OCH3 is 4. The molecule has 0 fully saturated rings. The highest BCUT2D eigenvalue weighted by Gasteiger charge is 2.20. The summed E-state index contributed by atoms with van der Waals surface area (Å²) in [6, 6.07) is 8.23. The molecule has 26 heavy (non-hydrogen) atoms. The van der Waals surface area contributed by atoms with Crippen molar-refractivity contribution in [2.45, 2.75) is 26.2 Å². The molecular formula is C22H26O4. The third kappa shape index (κ3) is 3.12. The monoisotopic (exact) mass is 354 g/mol. The van der Waals surface area contributed by atoms with Crippen LogP contribution in [-0.2, 0) is 6.42 Å². The molecule has 0 aliphatic heterocycles. The van der Waals surface area contributed by atoms with Gasteiger partial charge in [0.15, 0.2) is 11.5 Å². The Balaban J connectivity index is 2.19.